The van der Waals surface area contributed by atoms with E-state index in [0.29, 0.717) is 0 Å². The van der Waals surface area contributed by atoms with E-state index in [1.165, 1.54) is 6.92 Å². The molecule has 0 unspecified atom stereocenters. The topological polar surface area (TPSA) is 38.7 Å². The molecule has 0 N–H and O–H groups in total. The molecule has 1 rings (SSSR count). The van der Waals surface area contributed by atoms with Gasteiger partial charge in [-0.25, -0.2) is 15.0 Å². The van der Waals surface area contributed by atoms with Gasteiger partial charge in [-0.15, -0.1) is 0 Å². The van der Waals surface area contributed by atoms with E-state index in [2.05, 4.69) is 15.0 Å². The average Bonchev–Trinajstić information content (AvgIpc) is 1.99. The third-order valence-electron chi connectivity index (χ3n) is 0.747. The van der Waals surface area contributed by atoms with E-state index in [0.717, 1.165) is 0 Å². The summed E-state index contributed by atoms with van der Waals surface area (Å²) >= 11 is 0. The molecule has 0 aromatic carbocycles. The van der Waals surface area contributed by atoms with Crippen LogP contribution in [0.5, 0.6) is 0 Å². The van der Waals surface area contributed by atoms with Crippen LogP contribution in [0.2, 0.25) is 0 Å². The molecule has 0 atom stereocenters. The zero-order chi connectivity index (χ0) is 11.9. The van der Waals surface area contributed by atoms with Crippen molar-refractivity contribution in [3.63, 3.8) is 0 Å². The molecule has 9 heavy (non-hydrogen) atoms. The number of hydrogen-bond acceptors (Lipinski definition) is 3. The number of nitrogens with zero attached hydrogens (tertiary/aromatic N) is 3. The lowest BCUT2D eigenvalue weighted by molar-refractivity contribution is 0.875. The minimum atomic E-state index is -2.52. The molecule has 0 bridgehead atoms. The molecule has 0 spiro atoms. The van der Waals surface area contributed by atoms with E-state index in [4.69, 9.17) is 8.22 Å². The number of aryl methyl sites for hydroxylation is 3. The van der Waals surface area contributed by atoms with Gasteiger partial charge in [0.2, 0.25) is 0 Å². The maximum absolute atomic E-state index is 7.07. The predicted molar refractivity (Wildman–Crippen MR) is 34.0 cm³/mol. The Morgan fingerprint density at radius 3 is 1.89 bits per heavy atom. The van der Waals surface area contributed by atoms with Gasteiger partial charge in [-0.2, -0.15) is 0 Å². The molecule has 0 aliphatic rings. The first-order chi connectivity index (χ1) is 6.60. The molecular formula is C6H9N3. The quantitative estimate of drug-likeness (QED) is 0.520. The third kappa shape index (κ3) is 1.45. The molecule has 3 heteroatoms. The van der Waals surface area contributed by atoms with Gasteiger partial charge in [0.05, 0.1) is 0 Å². The maximum atomic E-state index is 7.07. The zero-order valence-electron chi connectivity index (χ0n) is 10.8. The van der Waals surface area contributed by atoms with Crippen LogP contribution in [-0.4, -0.2) is 15.0 Å². The zero-order valence-corrected chi connectivity index (χ0v) is 4.84. The number of aromatic nitrogens is 3. The Kier molecular flexibility index (Phi) is 0.465. The molecule has 1 aromatic rings. The predicted octanol–water partition coefficient (Wildman–Crippen LogP) is 0.797. The van der Waals surface area contributed by atoms with Gasteiger partial charge < -0.3 is 0 Å². The van der Waals surface area contributed by atoms with Gasteiger partial charge in [0.15, 0.2) is 0 Å². The summed E-state index contributed by atoms with van der Waals surface area (Å²) in [5.74, 6) is -0.885. The van der Waals surface area contributed by atoms with Crippen molar-refractivity contribution in [2.24, 2.45) is 0 Å². The summed E-state index contributed by atoms with van der Waals surface area (Å²) in [6.45, 7) is -3.62. The Bertz CT molecular complexity index is 336. The fourth-order valence-corrected chi connectivity index (χ4v) is 0.482. The van der Waals surface area contributed by atoms with E-state index < -0.39 is 25.4 Å². The van der Waals surface area contributed by atoms with Crippen molar-refractivity contribution in [3.8, 4) is 0 Å². The van der Waals surface area contributed by atoms with Crippen molar-refractivity contribution in [2.75, 3.05) is 0 Å². The SMILES string of the molecule is [2H]C([2H])([2H])c1nc(C)nc(C([2H])([2H])[2H])n1. The summed E-state index contributed by atoms with van der Waals surface area (Å²) < 4.78 is 42.4. The molecule has 3 nitrogen and oxygen atoms in total. The lowest BCUT2D eigenvalue weighted by Crippen LogP contribution is -1.97. The van der Waals surface area contributed by atoms with Crippen LogP contribution in [-0.2, 0) is 0 Å². The summed E-state index contributed by atoms with van der Waals surface area (Å²) in [5, 5.41) is 0. The van der Waals surface area contributed by atoms with Gasteiger partial charge >= 0.3 is 0 Å². The van der Waals surface area contributed by atoms with Crippen LogP contribution in [0.3, 0.4) is 0 Å². The fourth-order valence-electron chi connectivity index (χ4n) is 0.482. The third-order valence-corrected chi connectivity index (χ3v) is 0.747. The second-order valence-corrected chi connectivity index (χ2v) is 1.53. The smallest absolute Gasteiger partial charge is 0.129 e. The molecule has 1 aromatic heterocycles. The molecular weight excluding hydrogens is 114 g/mol. The molecule has 1 heterocycles. The summed E-state index contributed by atoms with van der Waals surface area (Å²) in [6, 6.07) is 0. The first-order valence-electron chi connectivity index (χ1n) is 5.34. The van der Waals surface area contributed by atoms with Crippen molar-refractivity contribution in [1.29, 1.82) is 0 Å². The monoisotopic (exact) mass is 129 g/mol. The standard InChI is InChI=1S/C6H9N3/c1-4-7-5(2)9-6(3)8-4/h1-3H3/i1D3,2D3. The molecule has 0 amide bonds. The lowest BCUT2D eigenvalue weighted by atomic mass is 10.6. The molecule has 0 aliphatic carbocycles. The van der Waals surface area contributed by atoms with Gasteiger partial charge in [0.1, 0.15) is 17.5 Å². The average molecular weight is 129 g/mol. The molecule has 48 valence electrons. The molecule has 0 radical (unpaired) electrons. The van der Waals surface area contributed by atoms with Crippen LogP contribution >= 0.6 is 0 Å². The number of hydrogen-bond donors (Lipinski definition) is 0. The highest BCUT2D eigenvalue weighted by atomic mass is 15.0. The van der Waals surface area contributed by atoms with Crippen LogP contribution in [0, 0.1) is 20.6 Å². The molecule has 0 aliphatic heterocycles. The van der Waals surface area contributed by atoms with Crippen LogP contribution < -0.4 is 0 Å². The van der Waals surface area contributed by atoms with Gasteiger partial charge in [-0.05, 0) is 20.6 Å². The second-order valence-electron chi connectivity index (χ2n) is 1.53. The summed E-state index contributed by atoms with van der Waals surface area (Å²) in [5.41, 5.74) is 0. The first-order valence-corrected chi connectivity index (χ1v) is 2.34. The summed E-state index contributed by atoms with van der Waals surface area (Å²) in [4.78, 5) is 10.6. The highest BCUT2D eigenvalue weighted by Crippen LogP contribution is 1.90. The Morgan fingerprint density at radius 2 is 1.44 bits per heavy atom. The highest BCUT2D eigenvalue weighted by Gasteiger charge is 1.91. The Labute approximate surface area is 62.6 Å². The fraction of sp³-hybridized carbons (Fsp3) is 0.500. The number of rotatable bonds is 0. The minimum Gasteiger partial charge on any atom is -0.219 e. The minimum absolute atomic E-state index is 0.0854. The van der Waals surface area contributed by atoms with Crippen LogP contribution in [0.25, 0.3) is 0 Å². The van der Waals surface area contributed by atoms with E-state index in [1.807, 2.05) is 0 Å². The van der Waals surface area contributed by atoms with Crippen LogP contribution in [0.1, 0.15) is 25.7 Å². The van der Waals surface area contributed by atoms with Crippen molar-refractivity contribution in [3.05, 3.63) is 17.5 Å². The van der Waals surface area contributed by atoms with Gasteiger partial charge in [-0.3, -0.25) is 0 Å². The van der Waals surface area contributed by atoms with Crippen LogP contribution in [0.15, 0.2) is 0 Å². The maximum Gasteiger partial charge on any atom is 0.129 e. The van der Waals surface area contributed by atoms with E-state index >= 15 is 0 Å². The van der Waals surface area contributed by atoms with Crippen LogP contribution in [0.4, 0.5) is 0 Å². The van der Waals surface area contributed by atoms with E-state index in [-0.39, 0.29) is 5.82 Å². The normalized spacial score (nSPS) is 22.3. The Balaban J connectivity index is 3.30. The molecule has 0 saturated carbocycles. The van der Waals surface area contributed by atoms with E-state index in [1.54, 1.807) is 0 Å². The lowest BCUT2D eigenvalue weighted by Gasteiger charge is -1.94. The molecule has 0 saturated heterocycles. The van der Waals surface area contributed by atoms with Crippen molar-refractivity contribution < 1.29 is 8.22 Å². The second kappa shape index (κ2) is 2.09. The first kappa shape index (κ1) is 2.01. The Morgan fingerprint density at radius 1 is 1.00 bits per heavy atom. The van der Waals surface area contributed by atoms with Gasteiger partial charge in [0, 0.05) is 8.22 Å². The van der Waals surface area contributed by atoms with Crippen molar-refractivity contribution in [2.45, 2.75) is 20.6 Å². The Hall–Kier alpha value is -0.990. The van der Waals surface area contributed by atoms with Gasteiger partial charge in [0.25, 0.3) is 0 Å². The van der Waals surface area contributed by atoms with Gasteiger partial charge in [-0.1, -0.05) is 0 Å². The van der Waals surface area contributed by atoms with Crippen molar-refractivity contribution >= 4 is 0 Å². The highest BCUT2D eigenvalue weighted by molar-refractivity contribution is 4.91. The molecule has 0 fully saturated rings. The van der Waals surface area contributed by atoms with E-state index in [9.17, 15) is 0 Å². The summed E-state index contributed by atoms with van der Waals surface area (Å²) in [7, 11) is 0. The summed E-state index contributed by atoms with van der Waals surface area (Å²) in [6.07, 6.45) is 0. The largest absolute Gasteiger partial charge is 0.219 e. The van der Waals surface area contributed by atoms with Crippen molar-refractivity contribution in [1.82, 2.24) is 15.0 Å².